The number of anilines is 1. The number of hydrogen-bond acceptors (Lipinski definition) is 2. The van der Waals surface area contributed by atoms with Crippen LogP contribution in [0.5, 0.6) is 0 Å². The Hall–Kier alpha value is -3.59. The first-order chi connectivity index (χ1) is 14.8. The molecule has 32 heavy (non-hydrogen) atoms. The van der Waals surface area contributed by atoms with Gasteiger partial charge in [-0.2, -0.15) is 13.2 Å². The van der Waals surface area contributed by atoms with Gasteiger partial charge in [-0.3, -0.25) is 4.57 Å². The number of hydrogen-bond donors (Lipinski definition) is 2. The number of imidazole rings is 1. The molecule has 4 rings (SSSR count). The fourth-order valence-corrected chi connectivity index (χ4v) is 3.13. The van der Waals surface area contributed by atoms with Gasteiger partial charge in [0.25, 0.3) is 0 Å². The van der Waals surface area contributed by atoms with Crippen LogP contribution in [-0.2, 0) is 0 Å². The van der Waals surface area contributed by atoms with Crippen LogP contribution in [0.3, 0.4) is 0 Å². The number of urea groups is 1. The number of nitrogens with one attached hydrogen (secondary N) is 2. The van der Waals surface area contributed by atoms with Crippen molar-refractivity contribution in [2.45, 2.75) is 6.18 Å². The van der Waals surface area contributed by atoms with Gasteiger partial charge in [-0.05, 0) is 53.6 Å². The number of amides is 2. The Bertz CT molecular complexity index is 1240. The summed E-state index contributed by atoms with van der Waals surface area (Å²) in [7, 11) is 0. The summed E-state index contributed by atoms with van der Waals surface area (Å²) >= 11 is 0. The summed E-state index contributed by atoms with van der Waals surface area (Å²) in [6, 6.07) is 17.5. The van der Waals surface area contributed by atoms with Crippen LogP contribution in [0.1, 0.15) is 0 Å². The molecule has 10 heteroatoms. The highest BCUT2D eigenvalue weighted by Gasteiger charge is 2.27. The van der Waals surface area contributed by atoms with Crippen LogP contribution in [0.4, 0.5) is 28.0 Å². The zero-order chi connectivity index (χ0) is 22.0. The highest BCUT2D eigenvalue weighted by molar-refractivity contribution is 5.90. The first-order valence-electron chi connectivity index (χ1n) is 9.24. The van der Waals surface area contributed by atoms with E-state index in [2.05, 4.69) is 10.3 Å². The summed E-state index contributed by atoms with van der Waals surface area (Å²) in [6.07, 6.45) is -2.87. The lowest BCUT2D eigenvalue weighted by atomic mass is 10.1. The van der Waals surface area contributed by atoms with Gasteiger partial charge < -0.3 is 10.6 Å². The second-order valence-electron chi connectivity index (χ2n) is 6.80. The average Bonchev–Trinajstić information content (AvgIpc) is 3.16. The Morgan fingerprint density at radius 2 is 1.69 bits per heavy atom. The van der Waals surface area contributed by atoms with Crippen molar-refractivity contribution in [2.24, 2.45) is 0 Å². The number of benzene rings is 3. The molecular formula is C22H17ClF4N4O. The van der Waals surface area contributed by atoms with Crippen molar-refractivity contribution in [3.05, 3.63) is 78.9 Å². The van der Waals surface area contributed by atoms with Crippen molar-refractivity contribution < 1.29 is 22.4 Å². The Morgan fingerprint density at radius 3 is 2.41 bits per heavy atom. The van der Waals surface area contributed by atoms with E-state index in [-0.39, 0.29) is 18.2 Å². The second kappa shape index (κ2) is 9.27. The lowest BCUT2D eigenvalue weighted by Crippen LogP contribution is -2.36. The van der Waals surface area contributed by atoms with Gasteiger partial charge in [-0.15, -0.1) is 12.4 Å². The molecule has 1 heterocycles. The molecule has 0 fully saturated rings. The van der Waals surface area contributed by atoms with Gasteiger partial charge in [0.15, 0.2) is 0 Å². The van der Waals surface area contributed by atoms with E-state index in [1.807, 2.05) is 18.2 Å². The predicted molar refractivity (Wildman–Crippen MR) is 117 cm³/mol. The van der Waals surface area contributed by atoms with Gasteiger partial charge in [0.05, 0.1) is 11.0 Å². The van der Waals surface area contributed by atoms with Crippen molar-refractivity contribution in [1.29, 1.82) is 0 Å². The Kier molecular flexibility index (Phi) is 6.69. The summed E-state index contributed by atoms with van der Waals surface area (Å²) in [5.74, 6) is -0.310. The second-order valence-corrected chi connectivity index (χ2v) is 6.80. The van der Waals surface area contributed by atoms with E-state index in [4.69, 9.17) is 0 Å². The summed E-state index contributed by atoms with van der Waals surface area (Å²) in [4.78, 5) is 16.1. The third-order valence-corrected chi connectivity index (χ3v) is 4.56. The van der Waals surface area contributed by atoms with Crippen molar-refractivity contribution >= 4 is 35.2 Å². The fraction of sp³-hybridized carbons (Fsp3) is 0.0909. The van der Waals surface area contributed by atoms with E-state index in [1.54, 1.807) is 52.6 Å². The highest BCUT2D eigenvalue weighted by atomic mass is 35.5. The van der Waals surface area contributed by atoms with Gasteiger partial charge in [0.1, 0.15) is 18.7 Å². The average molecular weight is 465 g/mol. The van der Waals surface area contributed by atoms with E-state index in [0.29, 0.717) is 16.9 Å². The Labute approximate surface area is 186 Å². The quantitative estimate of drug-likeness (QED) is 0.367. The zero-order valence-electron chi connectivity index (χ0n) is 16.4. The topological polar surface area (TPSA) is 59.0 Å². The number of halogens is 5. The van der Waals surface area contributed by atoms with Gasteiger partial charge in [0.2, 0.25) is 0 Å². The zero-order valence-corrected chi connectivity index (χ0v) is 17.2. The first-order valence-corrected chi connectivity index (χ1v) is 9.24. The van der Waals surface area contributed by atoms with E-state index in [9.17, 15) is 22.4 Å². The third-order valence-electron chi connectivity index (χ3n) is 4.56. The van der Waals surface area contributed by atoms with Crippen molar-refractivity contribution in [3.8, 4) is 16.8 Å². The number of rotatable bonds is 4. The molecule has 166 valence electrons. The van der Waals surface area contributed by atoms with Crippen LogP contribution in [-0.4, -0.2) is 28.3 Å². The number of aromatic nitrogens is 2. The normalized spacial score (nSPS) is 11.1. The smallest absolute Gasteiger partial charge is 0.329 e. The van der Waals surface area contributed by atoms with Gasteiger partial charge >= 0.3 is 12.2 Å². The van der Waals surface area contributed by atoms with Crippen molar-refractivity contribution in [3.63, 3.8) is 0 Å². The van der Waals surface area contributed by atoms with E-state index in [0.717, 1.165) is 16.6 Å². The number of fused-ring (bicyclic) bond motifs is 1. The summed E-state index contributed by atoms with van der Waals surface area (Å²) in [6.45, 7) is -1.42. The number of alkyl halides is 3. The van der Waals surface area contributed by atoms with E-state index in [1.165, 1.54) is 12.1 Å². The maximum atomic E-state index is 13.2. The lowest BCUT2D eigenvalue weighted by Gasteiger charge is -2.11. The molecule has 0 unspecified atom stereocenters. The summed E-state index contributed by atoms with van der Waals surface area (Å²) < 4.78 is 51.7. The Morgan fingerprint density at radius 1 is 0.969 bits per heavy atom. The standard InChI is InChI=1S/C22H16F4N4O.ClH/c23-16-7-4-14(5-8-16)15-6-9-20-19(10-15)28-13-30(20)18-3-1-2-17(11-18)29-21(31)27-12-22(24,25)26;/h1-11,13H,12H2,(H2,27,29,31);1H. The predicted octanol–water partition coefficient (Wildman–Crippen LogP) is 5.94. The van der Waals surface area contributed by atoms with Gasteiger partial charge in [0, 0.05) is 11.4 Å². The minimum Gasteiger partial charge on any atom is -0.329 e. The minimum atomic E-state index is -4.48. The molecule has 0 aliphatic heterocycles. The van der Waals surface area contributed by atoms with Gasteiger partial charge in [-0.25, -0.2) is 14.2 Å². The molecule has 0 atom stereocenters. The molecule has 3 aromatic carbocycles. The molecule has 5 nitrogen and oxygen atoms in total. The number of carbonyl (C=O) groups is 1. The molecule has 0 radical (unpaired) electrons. The molecule has 2 amide bonds. The largest absolute Gasteiger partial charge is 0.405 e. The number of nitrogens with zero attached hydrogens (tertiary/aromatic N) is 2. The summed E-state index contributed by atoms with van der Waals surface area (Å²) in [5.41, 5.74) is 4.25. The maximum Gasteiger partial charge on any atom is 0.405 e. The van der Waals surface area contributed by atoms with E-state index >= 15 is 0 Å². The molecule has 0 saturated carbocycles. The van der Waals surface area contributed by atoms with Crippen LogP contribution in [0, 0.1) is 5.82 Å². The molecule has 0 bridgehead atoms. The molecule has 4 aromatic rings. The van der Waals surface area contributed by atoms with Crippen LogP contribution >= 0.6 is 12.4 Å². The molecule has 0 spiro atoms. The maximum absolute atomic E-state index is 13.2. The van der Waals surface area contributed by atoms with Crippen molar-refractivity contribution in [1.82, 2.24) is 14.9 Å². The lowest BCUT2D eigenvalue weighted by molar-refractivity contribution is -0.122. The first kappa shape index (κ1) is 23.1. The fourth-order valence-electron chi connectivity index (χ4n) is 3.13. The molecule has 2 N–H and O–H groups in total. The van der Waals surface area contributed by atoms with Crippen LogP contribution in [0.2, 0.25) is 0 Å². The van der Waals surface area contributed by atoms with Gasteiger partial charge in [-0.1, -0.05) is 24.3 Å². The molecule has 0 saturated heterocycles. The van der Waals surface area contributed by atoms with Crippen LogP contribution in [0.25, 0.3) is 27.8 Å². The highest BCUT2D eigenvalue weighted by Crippen LogP contribution is 2.26. The number of carbonyl (C=O) groups excluding carboxylic acids is 1. The summed E-state index contributed by atoms with van der Waals surface area (Å²) in [5, 5.41) is 4.15. The minimum absolute atomic E-state index is 0. The molecule has 0 aliphatic carbocycles. The van der Waals surface area contributed by atoms with Crippen LogP contribution in [0.15, 0.2) is 73.1 Å². The van der Waals surface area contributed by atoms with E-state index < -0.39 is 18.8 Å². The molecule has 1 aromatic heterocycles. The third kappa shape index (κ3) is 5.36. The molecule has 0 aliphatic rings. The molecular weight excluding hydrogens is 448 g/mol. The monoisotopic (exact) mass is 464 g/mol. The van der Waals surface area contributed by atoms with Crippen molar-refractivity contribution in [2.75, 3.05) is 11.9 Å². The van der Waals surface area contributed by atoms with Crippen LogP contribution < -0.4 is 10.6 Å². The SMILES string of the molecule is Cl.O=C(NCC(F)(F)F)Nc1cccc(-n2cnc3cc(-c4ccc(F)cc4)ccc32)c1. The Balaban J connectivity index is 0.00000289.